The van der Waals surface area contributed by atoms with E-state index in [1.165, 1.54) is 11.3 Å². The molecule has 2 heterocycles. The van der Waals surface area contributed by atoms with Crippen molar-refractivity contribution in [3.05, 3.63) is 80.1 Å². The Balaban J connectivity index is 1.67. The molecule has 0 bridgehead atoms. The molecule has 0 saturated carbocycles. The van der Waals surface area contributed by atoms with E-state index in [4.69, 9.17) is 23.2 Å². The number of rotatable bonds is 4. The largest absolute Gasteiger partial charge is 0.378 e. The van der Waals surface area contributed by atoms with Crippen LogP contribution in [0.15, 0.2) is 58.7 Å². The molecule has 0 fully saturated rings. The van der Waals surface area contributed by atoms with Gasteiger partial charge in [-0.1, -0.05) is 41.4 Å². The Kier molecular flexibility index (Phi) is 4.68. The number of nitrogens with zero attached hydrogens (tertiary/aromatic N) is 1. The molecule has 2 N–H and O–H groups in total. The van der Waals surface area contributed by atoms with Crippen molar-refractivity contribution in [1.29, 1.82) is 0 Å². The number of thiophene rings is 1. The molecule has 0 unspecified atom stereocenters. The molecule has 0 aliphatic heterocycles. The van der Waals surface area contributed by atoms with Crippen molar-refractivity contribution >= 4 is 50.4 Å². The molecule has 0 aliphatic rings. The summed E-state index contributed by atoms with van der Waals surface area (Å²) in [5.74, 6) is 0.574. The van der Waals surface area contributed by atoms with Crippen LogP contribution in [0.1, 0.15) is 5.82 Å². The number of aromatic amines is 1. The van der Waals surface area contributed by atoms with E-state index in [9.17, 15) is 4.79 Å². The predicted molar refractivity (Wildman–Crippen MR) is 109 cm³/mol. The average Bonchev–Trinajstić information content (AvgIpc) is 3.06. The van der Waals surface area contributed by atoms with Crippen LogP contribution in [0.25, 0.3) is 21.3 Å². The number of fused-ring (bicyclic) bond motifs is 1. The van der Waals surface area contributed by atoms with Gasteiger partial charge in [-0.3, -0.25) is 4.79 Å². The van der Waals surface area contributed by atoms with Gasteiger partial charge in [0.1, 0.15) is 10.7 Å². The summed E-state index contributed by atoms with van der Waals surface area (Å²) in [6.45, 7) is 0.409. The summed E-state index contributed by atoms with van der Waals surface area (Å²) in [5, 5.41) is 7.00. The highest BCUT2D eigenvalue weighted by molar-refractivity contribution is 7.17. The maximum absolute atomic E-state index is 12.6. The Morgan fingerprint density at radius 2 is 1.81 bits per heavy atom. The third-order valence-electron chi connectivity index (χ3n) is 3.96. The zero-order chi connectivity index (χ0) is 18.1. The van der Waals surface area contributed by atoms with Crippen LogP contribution in [-0.4, -0.2) is 9.97 Å². The predicted octanol–water partition coefficient (Wildman–Crippen LogP) is 5.57. The highest BCUT2D eigenvalue weighted by atomic mass is 35.5. The Morgan fingerprint density at radius 1 is 1.04 bits per heavy atom. The summed E-state index contributed by atoms with van der Waals surface area (Å²) in [7, 11) is 0. The fourth-order valence-corrected chi connectivity index (χ4v) is 4.03. The van der Waals surface area contributed by atoms with Gasteiger partial charge in [0, 0.05) is 32.2 Å². The van der Waals surface area contributed by atoms with Crippen LogP contribution < -0.4 is 10.9 Å². The molecule has 0 aliphatic carbocycles. The fourth-order valence-electron chi connectivity index (χ4n) is 2.71. The summed E-state index contributed by atoms with van der Waals surface area (Å²) >= 11 is 13.6. The first kappa shape index (κ1) is 17.1. The number of benzene rings is 2. The van der Waals surface area contributed by atoms with Gasteiger partial charge >= 0.3 is 0 Å². The first-order chi connectivity index (χ1) is 12.6. The molecule has 4 aromatic rings. The molecule has 0 spiro atoms. The lowest BCUT2D eigenvalue weighted by molar-refractivity contribution is 0.957. The Bertz CT molecular complexity index is 1140. The number of nitrogens with one attached hydrogen (secondary N) is 2. The van der Waals surface area contributed by atoms with Gasteiger partial charge < -0.3 is 10.3 Å². The van der Waals surface area contributed by atoms with Crippen LogP contribution in [0.5, 0.6) is 0 Å². The van der Waals surface area contributed by atoms with E-state index < -0.39 is 0 Å². The topological polar surface area (TPSA) is 57.8 Å². The molecule has 7 heteroatoms. The van der Waals surface area contributed by atoms with Gasteiger partial charge in [0.05, 0.1) is 11.9 Å². The minimum absolute atomic E-state index is 0.168. The quantitative estimate of drug-likeness (QED) is 0.469. The zero-order valence-electron chi connectivity index (χ0n) is 13.4. The number of aromatic nitrogens is 2. The molecule has 26 heavy (non-hydrogen) atoms. The fraction of sp³-hybridized carbons (Fsp3) is 0.0526. The van der Waals surface area contributed by atoms with Crippen molar-refractivity contribution in [3.63, 3.8) is 0 Å². The van der Waals surface area contributed by atoms with Crippen LogP contribution in [0.3, 0.4) is 0 Å². The lowest BCUT2D eigenvalue weighted by Gasteiger charge is -2.06. The molecule has 0 saturated heterocycles. The van der Waals surface area contributed by atoms with E-state index in [-0.39, 0.29) is 5.56 Å². The van der Waals surface area contributed by atoms with Crippen molar-refractivity contribution in [2.24, 2.45) is 0 Å². The van der Waals surface area contributed by atoms with Crippen molar-refractivity contribution < 1.29 is 0 Å². The van der Waals surface area contributed by atoms with Gasteiger partial charge in [-0.05, 0) is 30.3 Å². The van der Waals surface area contributed by atoms with Gasteiger partial charge in [-0.25, -0.2) is 4.98 Å². The van der Waals surface area contributed by atoms with Gasteiger partial charge in [0.15, 0.2) is 0 Å². The number of H-pyrrole nitrogens is 1. The Hall–Kier alpha value is -2.34. The second-order valence-electron chi connectivity index (χ2n) is 5.68. The van der Waals surface area contributed by atoms with E-state index in [1.807, 2.05) is 41.8 Å². The van der Waals surface area contributed by atoms with E-state index in [0.717, 1.165) is 16.8 Å². The van der Waals surface area contributed by atoms with E-state index >= 15 is 0 Å². The smallest absolute Gasteiger partial charge is 0.260 e. The van der Waals surface area contributed by atoms with Crippen LogP contribution >= 0.6 is 34.5 Å². The van der Waals surface area contributed by atoms with Crippen LogP contribution in [-0.2, 0) is 6.54 Å². The second kappa shape index (κ2) is 7.11. The van der Waals surface area contributed by atoms with Crippen LogP contribution in [0, 0.1) is 0 Å². The summed E-state index contributed by atoms with van der Waals surface area (Å²) < 4.78 is 0. The SMILES string of the molecule is O=c1[nH]c(CNc2ccc(Cl)cc2)nc2scc(-c3ccccc3Cl)c12. The normalized spacial score (nSPS) is 11.0. The second-order valence-corrected chi connectivity index (χ2v) is 7.38. The van der Waals surface area contributed by atoms with Crippen molar-refractivity contribution in [3.8, 4) is 11.1 Å². The summed E-state index contributed by atoms with van der Waals surface area (Å²) in [5.41, 5.74) is 2.38. The number of halogens is 2. The minimum atomic E-state index is -0.168. The Morgan fingerprint density at radius 3 is 2.58 bits per heavy atom. The van der Waals surface area contributed by atoms with Gasteiger partial charge in [0.25, 0.3) is 5.56 Å². The van der Waals surface area contributed by atoms with Crippen LogP contribution in [0.2, 0.25) is 10.0 Å². The third kappa shape index (κ3) is 3.33. The van der Waals surface area contributed by atoms with Crippen molar-refractivity contribution in [2.45, 2.75) is 6.54 Å². The van der Waals surface area contributed by atoms with Gasteiger partial charge in [0.2, 0.25) is 0 Å². The van der Waals surface area contributed by atoms with E-state index in [2.05, 4.69) is 15.3 Å². The maximum Gasteiger partial charge on any atom is 0.260 e. The van der Waals surface area contributed by atoms with Gasteiger partial charge in [-0.15, -0.1) is 11.3 Å². The van der Waals surface area contributed by atoms with Crippen LogP contribution in [0.4, 0.5) is 5.69 Å². The molecular formula is C19H13Cl2N3OS. The average molecular weight is 402 g/mol. The van der Waals surface area contributed by atoms with Crippen molar-refractivity contribution in [1.82, 2.24) is 9.97 Å². The number of hydrogen-bond acceptors (Lipinski definition) is 4. The number of hydrogen-bond donors (Lipinski definition) is 2. The summed E-state index contributed by atoms with van der Waals surface area (Å²) in [4.78, 5) is 20.8. The highest BCUT2D eigenvalue weighted by Gasteiger charge is 2.14. The Labute approximate surface area is 163 Å². The first-order valence-electron chi connectivity index (χ1n) is 7.86. The first-order valence-corrected chi connectivity index (χ1v) is 9.50. The number of anilines is 1. The third-order valence-corrected chi connectivity index (χ3v) is 5.41. The van der Waals surface area contributed by atoms with Gasteiger partial charge in [-0.2, -0.15) is 0 Å². The monoisotopic (exact) mass is 401 g/mol. The summed E-state index contributed by atoms with van der Waals surface area (Å²) in [6, 6.07) is 14.8. The molecular weight excluding hydrogens is 389 g/mol. The summed E-state index contributed by atoms with van der Waals surface area (Å²) in [6.07, 6.45) is 0. The molecule has 4 nitrogen and oxygen atoms in total. The molecule has 2 aromatic heterocycles. The van der Waals surface area contributed by atoms with E-state index in [0.29, 0.717) is 32.6 Å². The minimum Gasteiger partial charge on any atom is -0.378 e. The van der Waals surface area contributed by atoms with Crippen molar-refractivity contribution in [2.75, 3.05) is 5.32 Å². The highest BCUT2D eigenvalue weighted by Crippen LogP contribution is 2.34. The molecule has 2 aromatic carbocycles. The molecule has 0 atom stereocenters. The molecule has 4 rings (SSSR count). The molecule has 0 radical (unpaired) electrons. The maximum atomic E-state index is 12.6. The zero-order valence-corrected chi connectivity index (χ0v) is 15.8. The molecule has 130 valence electrons. The standard InChI is InChI=1S/C19H13Cl2N3OS/c20-11-5-7-12(8-6-11)22-9-16-23-18(25)17-14(10-26-19(17)24-16)13-3-1-2-4-15(13)21/h1-8,10,22H,9H2,(H,23,24,25). The lowest BCUT2D eigenvalue weighted by atomic mass is 10.1. The van der Waals surface area contributed by atoms with E-state index in [1.54, 1.807) is 12.1 Å². The lowest BCUT2D eigenvalue weighted by Crippen LogP contribution is -2.14. The molecule has 0 amide bonds.